The van der Waals surface area contributed by atoms with Crippen LogP contribution in [0.5, 0.6) is 0 Å². The van der Waals surface area contributed by atoms with Crippen molar-refractivity contribution in [3.05, 3.63) is 12.7 Å². The van der Waals surface area contributed by atoms with E-state index >= 15 is 0 Å². The van der Waals surface area contributed by atoms with Crippen LogP contribution in [-0.2, 0) is 14.3 Å². The van der Waals surface area contributed by atoms with Gasteiger partial charge in [-0.2, -0.15) is 0 Å². The first-order chi connectivity index (χ1) is 10.4. The molecule has 128 valence electrons. The van der Waals surface area contributed by atoms with Crippen molar-refractivity contribution in [1.29, 1.82) is 0 Å². The topological polar surface area (TPSA) is 108 Å². The number of amides is 2. The first kappa shape index (κ1) is 20.6. The number of carbonyl (C=O) groups is 2. The molecule has 0 unspecified atom stereocenters. The average molecular weight is 316 g/mol. The summed E-state index contributed by atoms with van der Waals surface area (Å²) >= 11 is 0. The molecule has 0 saturated heterocycles. The molecule has 0 fully saturated rings. The van der Waals surface area contributed by atoms with Gasteiger partial charge in [0.25, 0.3) is 0 Å². The molecule has 0 rings (SSSR count). The van der Waals surface area contributed by atoms with Gasteiger partial charge in [0.2, 0.25) is 11.8 Å². The van der Waals surface area contributed by atoms with E-state index < -0.39 is 11.5 Å². The maximum absolute atomic E-state index is 12.2. The summed E-state index contributed by atoms with van der Waals surface area (Å²) in [5.74, 6) is -1.07. The Bertz CT molecular complexity index is 358. The van der Waals surface area contributed by atoms with Crippen LogP contribution in [-0.4, -0.2) is 60.5 Å². The normalized spacial score (nSPS) is 12.5. The van der Waals surface area contributed by atoms with E-state index in [1.54, 1.807) is 19.9 Å². The standard InChI is InChI=1S/C15H28N2O5/c1-4-5-12(14(21)17-15(2,3)11-19)10-13(20)16-6-8-22-9-7-18/h4,12,18-19H,1,5-11H2,2-3H3,(H,16,20)(H,17,21)/t12-/m1/s1. The molecule has 7 heteroatoms. The number of hydrogen-bond acceptors (Lipinski definition) is 5. The van der Waals surface area contributed by atoms with Crippen molar-refractivity contribution in [3.8, 4) is 0 Å². The van der Waals surface area contributed by atoms with Gasteiger partial charge in [-0.15, -0.1) is 6.58 Å². The predicted molar refractivity (Wildman–Crippen MR) is 83.1 cm³/mol. The van der Waals surface area contributed by atoms with Gasteiger partial charge >= 0.3 is 0 Å². The van der Waals surface area contributed by atoms with Crippen LogP contribution < -0.4 is 10.6 Å². The summed E-state index contributed by atoms with van der Waals surface area (Å²) in [6, 6.07) is 0. The summed E-state index contributed by atoms with van der Waals surface area (Å²) in [5.41, 5.74) is -0.731. The smallest absolute Gasteiger partial charge is 0.224 e. The van der Waals surface area contributed by atoms with E-state index in [1.807, 2.05) is 0 Å². The minimum absolute atomic E-state index is 0.0410. The quantitative estimate of drug-likeness (QED) is 0.289. The number of hydrogen-bond donors (Lipinski definition) is 4. The summed E-state index contributed by atoms with van der Waals surface area (Å²) in [7, 11) is 0. The number of aliphatic hydroxyl groups excluding tert-OH is 2. The Balaban J connectivity index is 4.29. The summed E-state index contributed by atoms with van der Waals surface area (Å²) in [6.45, 7) is 7.62. The van der Waals surface area contributed by atoms with E-state index in [0.717, 1.165) is 0 Å². The van der Waals surface area contributed by atoms with Gasteiger partial charge < -0.3 is 25.6 Å². The molecule has 4 N–H and O–H groups in total. The van der Waals surface area contributed by atoms with Crippen molar-refractivity contribution in [2.24, 2.45) is 5.92 Å². The molecule has 0 aliphatic carbocycles. The van der Waals surface area contributed by atoms with Crippen molar-refractivity contribution >= 4 is 11.8 Å². The summed E-state index contributed by atoms with van der Waals surface area (Å²) in [6.07, 6.45) is 2.01. The third-order valence-electron chi connectivity index (χ3n) is 2.91. The zero-order valence-corrected chi connectivity index (χ0v) is 13.4. The molecular weight excluding hydrogens is 288 g/mol. The van der Waals surface area contributed by atoms with Gasteiger partial charge in [-0.1, -0.05) is 6.08 Å². The highest BCUT2D eigenvalue weighted by molar-refractivity contribution is 5.86. The molecule has 0 bridgehead atoms. The first-order valence-corrected chi connectivity index (χ1v) is 7.35. The third-order valence-corrected chi connectivity index (χ3v) is 2.91. The van der Waals surface area contributed by atoms with Crippen molar-refractivity contribution in [1.82, 2.24) is 10.6 Å². The van der Waals surface area contributed by atoms with Gasteiger partial charge in [0, 0.05) is 13.0 Å². The minimum atomic E-state index is -0.731. The molecule has 0 aromatic heterocycles. The van der Waals surface area contributed by atoms with Crippen molar-refractivity contribution in [2.45, 2.75) is 32.2 Å². The van der Waals surface area contributed by atoms with Gasteiger partial charge in [0.1, 0.15) is 0 Å². The zero-order valence-electron chi connectivity index (χ0n) is 13.4. The third kappa shape index (κ3) is 9.49. The van der Waals surface area contributed by atoms with Gasteiger partial charge in [0.05, 0.1) is 37.9 Å². The predicted octanol–water partition coefficient (Wildman–Crippen LogP) is -0.419. The van der Waals surface area contributed by atoms with Crippen LogP contribution in [0.15, 0.2) is 12.7 Å². The molecule has 0 aliphatic rings. The lowest BCUT2D eigenvalue weighted by Gasteiger charge is -2.26. The SMILES string of the molecule is C=CC[C@H](CC(=O)NCCOCCO)C(=O)NC(C)(C)CO. The van der Waals surface area contributed by atoms with Crippen molar-refractivity contribution in [3.63, 3.8) is 0 Å². The van der Waals surface area contributed by atoms with E-state index in [2.05, 4.69) is 17.2 Å². The van der Waals surface area contributed by atoms with Crippen LogP contribution in [0.2, 0.25) is 0 Å². The fraction of sp³-hybridized carbons (Fsp3) is 0.733. The van der Waals surface area contributed by atoms with Gasteiger partial charge in [-0.05, 0) is 20.3 Å². The fourth-order valence-corrected chi connectivity index (χ4v) is 1.68. The van der Waals surface area contributed by atoms with E-state index in [1.165, 1.54) is 0 Å². The Morgan fingerprint density at radius 3 is 2.55 bits per heavy atom. The largest absolute Gasteiger partial charge is 0.394 e. The molecule has 0 radical (unpaired) electrons. The summed E-state index contributed by atoms with van der Waals surface area (Å²) < 4.78 is 5.03. The highest BCUT2D eigenvalue weighted by atomic mass is 16.5. The van der Waals surface area contributed by atoms with Crippen molar-refractivity contribution in [2.75, 3.05) is 33.0 Å². The van der Waals surface area contributed by atoms with Crippen LogP contribution in [0.4, 0.5) is 0 Å². The number of ether oxygens (including phenoxy) is 1. The van der Waals surface area contributed by atoms with E-state index in [9.17, 15) is 14.7 Å². The van der Waals surface area contributed by atoms with Crippen LogP contribution >= 0.6 is 0 Å². The molecule has 0 spiro atoms. The zero-order chi connectivity index (χ0) is 17.0. The lowest BCUT2D eigenvalue weighted by Crippen LogP contribution is -2.49. The van der Waals surface area contributed by atoms with E-state index in [0.29, 0.717) is 19.6 Å². The summed E-state index contributed by atoms with van der Waals surface area (Å²) in [4.78, 5) is 24.0. The summed E-state index contributed by atoms with van der Waals surface area (Å²) in [5, 5.41) is 23.1. The number of allylic oxidation sites excluding steroid dienone is 1. The molecule has 0 heterocycles. The van der Waals surface area contributed by atoms with Crippen LogP contribution in [0, 0.1) is 5.92 Å². The van der Waals surface area contributed by atoms with Gasteiger partial charge in [0.15, 0.2) is 0 Å². The molecule has 0 aliphatic heterocycles. The van der Waals surface area contributed by atoms with E-state index in [4.69, 9.17) is 9.84 Å². The highest BCUT2D eigenvalue weighted by Crippen LogP contribution is 2.12. The van der Waals surface area contributed by atoms with Crippen LogP contribution in [0.1, 0.15) is 26.7 Å². The molecule has 22 heavy (non-hydrogen) atoms. The molecule has 0 aromatic carbocycles. The molecule has 2 amide bonds. The van der Waals surface area contributed by atoms with Gasteiger partial charge in [-0.25, -0.2) is 0 Å². The van der Waals surface area contributed by atoms with Gasteiger partial charge in [-0.3, -0.25) is 9.59 Å². The number of aliphatic hydroxyl groups is 2. The lowest BCUT2D eigenvalue weighted by atomic mass is 9.97. The molecule has 0 aromatic rings. The monoisotopic (exact) mass is 316 g/mol. The fourth-order valence-electron chi connectivity index (χ4n) is 1.68. The first-order valence-electron chi connectivity index (χ1n) is 7.35. The molecule has 1 atom stereocenters. The van der Waals surface area contributed by atoms with Crippen LogP contribution in [0.3, 0.4) is 0 Å². The Hall–Kier alpha value is -1.44. The molecular formula is C15H28N2O5. The lowest BCUT2D eigenvalue weighted by molar-refractivity contribution is -0.131. The highest BCUT2D eigenvalue weighted by Gasteiger charge is 2.26. The second kappa shape index (κ2) is 11.2. The number of rotatable bonds is 12. The number of nitrogens with one attached hydrogen (secondary N) is 2. The second-order valence-corrected chi connectivity index (χ2v) is 5.64. The minimum Gasteiger partial charge on any atom is -0.394 e. The second-order valence-electron chi connectivity index (χ2n) is 5.64. The Morgan fingerprint density at radius 2 is 2.00 bits per heavy atom. The van der Waals surface area contributed by atoms with Crippen LogP contribution in [0.25, 0.3) is 0 Å². The Labute approximate surface area is 131 Å². The number of carbonyl (C=O) groups excluding carboxylic acids is 2. The molecule has 7 nitrogen and oxygen atoms in total. The maximum atomic E-state index is 12.2. The van der Waals surface area contributed by atoms with E-state index in [-0.39, 0.29) is 38.1 Å². The van der Waals surface area contributed by atoms with Crippen molar-refractivity contribution < 1.29 is 24.5 Å². The molecule has 0 saturated carbocycles. The Kier molecular flexibility index (Phi) is 10.4. The maximum Gasteiger partial charge on any atom is 0.224 e. The Morgan fingerprint density at radius 1 is 1.32 bits per heavy atom. The average Bonchev–Trinajstić information content (AvgIpc) is 2.46.